The van der Waals surface area contributed by atoms with Crippen molar-refractivity contribution in [2.45, 2.75) is 90.8 Å². The molecule has 4 aliphatic rings. The van der Waals surface area contributed by atoms with Crippen molar-refractivity contribution in [1.29, 1.82) is 0 Å². The van der Waals surface area contributed by atoms with Gasteiger partial charge in [-0.15, -0.1) is 11.3 Å². The van der Waals surface area contributed by atoms with Crippen molar-refractivity contribution in [3.8, 4) is 0 Å². The van der Waals surface area contributed by atoms with E-state index in [1.165, 1.54) is 26.2 Å². The molecular formula is C26H37NO3S. The molecule has 0 saturated heterocycles. The number of aromatic nitrogens is 1. The number of carbonyl (C=O) groups excluding carboxylic acids is 1. The molecule has 0 unspecified atom stereocenters. The molecule has 4 aliphatic carbocycles. The molecule has 4 nitrogen and oxygen atoms in total. The second-order valence-corrected chi connectivity index (χ2v) is 12.3. The van der Waals surface area contributed by atoms with Gasteiger partial charge in [0.1, 0.15) is 16.7 Å². The fourth-order valence-corrected chi connectivity index (χ4v) is 9.26. The lowest BCUT2D eigenvalue weighted by Crippen LogP contribution is -2.52. The van der Waals surface area contributed by atoms with E-state index in [4.69, 9.17) is 4.74 Å². The van der Waals surface area contributed by atoms with E-state index in [0.29, 0.717) is 17.8 Å². The Hall–Kier alpha value is -1.20. The molecule has 0 amide bonds. The van der Waals surface area contributed by atoms with Gasteiger partial charge in [-0.2, -0.15) is 0 Å². The van der Waals surface area contributed by atoms with E-state index in [2.05, 4.69) is 24.9 Å². The van der Waals surface area contributed by atoms with Crippen LogP contribution in [0.3, 0.4) is 0 Å². The third-order valence-corrected chi connectivity index (χ3v) is 10.9. The number of esters is 1. The van der Waals surface area contributed by atoms with E-state index in [1.54, 1.807) is 16.9 Å². The predicted octanol–water partition coefficient (Wildman–Crippen LogP) is 5.86. The number of carbonyl (C=O) groups is 1. The van der Waals surface area contributed by atoms with Crippen LogP contribution in [0.15, 0.2) is 23.2 Å². The lowest BCUT2D eigenvalue weighted by molar-refractivity contribution is -0.149. The molecule has 5 rings (SSSR count). The number of hydrogen-bond acceptors (Lipinski definition) is 5. The van der Waals surface area contributed by atoms with Crippen LogP contribution < -0.4 is 0 Å². The van der Waals surface area contributed by atoms with Crippen LogP contribution in [0.5, 0.6) is 0 Å². The van der Waals surface area contributed by atoms with E-state index >= 15 is 0 Å². The molecule has 1 aromatic rings. The fourth-order valence-electron chi connectivity index (χ4n) is 8.51. The summed E-state index contributed by atoms with van der Waals surface area (Å²) in [6, 6.07) is 0. The van der Waals surface area contributed by atoms with Gasteiger partial charge in [-0.05, 0) is 86.4 Å². The van der Waals surface area contributed by atoms with Crippen molar-refractivity contribution >= 4 is 17.3 Å². The first-order chi connectivity index (χ1) is 14.7. The highest BCUT2D eigenvalue weighted by molar-refractivity contribution is 7.09. The first-order valence-electron chi connectivity index (χ1n) is 12.2. The van der Waals surface area contributed by atoms with Gasteiger partial charge in [0.2, 0.25) is 0 Å². The summed E-state index contributed by atoms with van der Waals surface area (Å²) in [4.78, 5) is 16.0. The molecule has 1 heterocycles. The van der Waals surface area contributed by atoms with E-state index in [0.717, 1.165) is 37.1 Å². The van der Waals surface area contributed by atoms with Crippen molar-refractivity contribution < 1.29 is 14.6 Å². The van der Waals surface area contributed by atoms with Crippen molar-refractivity contribution in [3.05, 3.63) is 28.2 Å². The largest absolute Gasteiger partial charge is 0.462 e. The lowest BCUT2D eigenvalue weighted by Gasteiger charge is -2.58. The average Bonchev–Trinajstić information content (AvgIpc) is 3.36. The van der Waals surface area contributed by atoms with Gasteiger partial charge in [0, 0.05) is 24.9 Å². The number of thiazole rings is 1. The topological polar surface area (TPSA) is 59.4 Å². The standard InChI is InChI=1S/C26H37NO3S/c1-16(28)30-18-9-11-24(2)17(15-18)5-6-19-20-7-8-22(25(20,3)12-10-21(19)24)26(4,29)23-27-13-14-31-23/h5,13-14,18-22,29H,6-12,15H2,1-4H3/t18-,19-,20-,21-,22-,24-,25-,26+/m0/s1. The zero-order valence-electron chi connectivity index (χ0n) is 19.4. The van der Waals surface area contributed by atoms with Gasteiger partial charge in [-0.25, -0.2) is 4.98 Å². The quantitative estimate of drug-likeness (QED) is 0.469. The van der Waals surface area contributed by atoms with Crippen LogP contribution in [-0.2, 0) is 15.1 Å². The molecule has 3 saturated carbocycles. The summed E-state index contributed by atoms with van der Waals surface area (Å²) in [6.07, 6.45) is 13.3. The smallest absolute Gasteiger partial charge is 0.302 e. The summed E-state index contributed by atoms with van der Waals surface area (Å²) in [5, 5.41) is 14.5. The molecule has 0 spiro atoms. The molecule has 0 aromatic carbocycles. The van der Waals surface area contributed by atoms with Gasteiger partial charge in [-0.1, -0.05) is 25.5 Å². The maximum atomic E-state index is 11.6. The van der Waals surface area contributed by atoms with Crippen LogP contribution in [0.2, 0.25) is 0 Å². The lowest BCUT2D eigenvalue weighted by atomic mass is 9.47. The van der Waals surface area contributed by atoms with Gasteiger partial charge >= 0.3 is 5.97 Å². The number of nitrogens with zero attached hydrogens (tertiary/aromatic N) is 1. The number of ether oxygens (including phenoxy) is 1. The molecule has 31 heavy (non-hydrogen) atoms. The van der Waals surface area contributed by atoms with Crippen LogP contribution in [-0.4, -0.2) is 22.2 Å². The number of rotatable bonds is 3. The van der Waals surface area contributed by atoms with Gasteiger partial charge in [0.05, 0.1) is 0 Å². The van der Waals surface area contributed by atoms with Crippen molar-refractivity contribution in [2.75, 3.05) is 0 Å². The number of allylic oxidation sites excluding steroid dienone is 1. The van der Waals surface area contributed by atoms with Gasteiger partial charge in [0.15, 0.2) is 0 Å². The second kappa shape index (κ2) is 7.41. The average molecular weight is 444 g/mol. The molecule has 5 heteroatoms. The van der Waals surface area contributed by atoms with E-state index in [9.17, 15) is 9.90 Å². The Kier molecular flexibility index (Phi) is 5.17. The van der Waals surface area contributed by atoms with Crippen LogP contribution in [0.25, 0.3) is 0 Å². The number of aliphatic hydroxyl groups is 1. The summed E-state index contributed by atoms with van der Waals surface area (Å²) < 4.78 is 5.58. The Labute approximate surface area is 190 Å². The van der Waals surface area contributed by atoms with Crippen molar-refractivity contribution in [2.24, 2.45) is 34.5 Å². The molecular weight excluding hydrogens is 406 g/mol. The molecule has 0 bridgehead atoms. The van der Waals surface area contributed by atoms with Gasteiger partial charge < -0.3 is 9.84 Å². The Balaban J connectivity index is 1.40. The molecule has 3 fully saturated rings. The van der Waals surface area contributed by atoms with E-state index in [-0.39, 0.29) is 28.8 Å². The third-order valence-electron chi connectivity index (χ3n) is 9.94. The number of fused-ring (bicyclic) bond motifs is 5. The van der Waals surface area contributed by atoms with Crippen LogP contribution in [0.1, 0.15) is 84.1 Å². The van der Waals surface area contributed by atoms with Gasteiger partial charge in [-0.3, -0.25) is 4.79 Å². The van der Waals surface area contributed by atoms with Crippen molar-refractivity contribution in [3.63, 3.8) is 0 Å². The van der Waals surface area contributed by atoms with Crippen LogP contribution in [0.4, 0.5) is 0 Å². The Morgan fingerprint density at radius 1 is 1.23 bits per heavy atom. The maximum absolute atomic E-state index is 11.6. The second-order valence-electron chi connectivity index (χ2n) is 11.4. The normalized spacial score (nSPS) is 43.8. The highest BCUT2D eigenvalue weighted by atomic mass is 32.1. The van der Waals surface area contributed by atoms with E-state index < -0.39 is 5.60 Å². The first kappa shape index (κ1) is 21.6. The minimum Gasteiger partial charge on any atom is -0.462 e. The van der Waals surface area contributed by atoms with Crippen LogP contribution in [0, 0.1) is 34.5 Å². The molecule has 1 N–H and O–H groups in total. The Morgan fingerprint density at radius 2 is 2.03 bits per heavy atom. The fraction of sp³-hybridized carbons (Fsp3) is 0.769. The molecule has 0 radical (unpaired) electrons. The zero-order valence-corrected chi connectivity index (χ0v) is 20.2. The Morgan fingerprint density at radius 3 is 2.74 bits per heavy atom. The summed E-state index contributed by atoms with van der Waals surface area (Å²) in [6.45, 7) is 8.48. The minimum absolute atomic E-state index is 0.0616. The highest BCUT2D eigenvalue weighted by Crippen LogP contribution is 2.68. The third kappa shape index (κ3) is 3.25. The minimum atomic E-state index is -0.841. The summed E-state index contributed by atoms with van der Waals surface area (Å²) >= 11 is 1.59. The number of hydrogen-bond donors (Lipinski definition) is 1. The summed E-state index contributed by atoms with van der Waals surface area (Å²) in [7, 11) is 0. The maximum Gasteiger partial charge on any atom is 0.302 e. The van der Waals surface area contributed by atoms with Crippen molar-refractivity contribution in [1.82, 2.24) is 4.98 Å². The highest BCUT2D eigenvalue weighted by Gasteiger charge is 2.62. The Bertz CT molecular complexity index is 877. The van der Waals surface area contributed by atoms with E-state index in [1.807, 2.05) is 18.5 Å². The summed E-state index contributed by atoms with van der Waals surface area (Å²) in [5.41, 5.74) is 1.12. The zero-order chi connectivity index (χ0) is 22.0. The monoisotopic (exact) mass is 443 g/mol. The molecule has 0 aliphatic heterocycles. The first-order valence-corrected chi connectivity index (χ1v) is 13.0. The van der Waals surface area contributed by atoms with Gasteiger partial charge in [0.25, 0.3) is 0 Å². The SMILES string of the molecule is CC(=O)O[C@H]1CC[C@@]2(C)C(=CC[C@H]3[C@@H]4CC[C@H]([C@@](C)(O)c5nccs5)[C@@]4(C)CC[C@@H]32)C1. The van der Waals surface area contributed by atoms with Crippen LogP contribution >= 0.6 is 11.3 Å². The molecule has 8 atom stereocenters. The summed E-state index contributed by atoms with van der Waals surface area (Å²) in [5.74, 6) is 2.21. The molecule has 170 valence electrons. The molecule has 1 aromatic heterocycles. The predicted molar refractivity (Wildman–Crippen MR) is 122 cm³/mol.